The van der Waals surface area contributed by atoms with Gasteiger partial charge in [0.25, 0.3) is 0 Å². The van der Waals surface area contributed by atoms with E-state index in [2.05, 4.69) is 61.6 Å². The molecule has 0 unspecified atom stereocenters. The van der Waals surface area contributed by atoms with Crippen molar-refractivity contribution in [1.29, 1.82) is 0 Å². The Morgan fingerprint density at radius 2 is 1.81 bits per heavy atom. The van der Waals surface area contributed by atoms with Gasteiger partial charge in [0.2, 0.25) is 0 Å². The SMILES string of the molecule is C=C/C(=C\C=C/C)S(C)(C)c1ccccc1. The van der Waals surface area contributed by atoms with Gasteiger partial charge in [-0.25, -0.2) is 0 Å². The zero-order valence-electron chi connectivity index (χ0n) is 10.3. The molecular weight excluding hydrogens is 212 g/mol. The lowest BCUT2D eigenvalue weighted by Crippen LogP contribution is -1.98. The van der Waals surface area contributed by atoms with Crippen LogP contribution in [0.4, 0.5) is 0 Å². The van der Waals surface area contributed by atoms with Gasteiger partial charge in [0, 0.05) is 0 Å². The van der Waals surface area contributed by atoms with Crippen molar-refractivity contribution in [2.24, 2.45) is 0 Å². The number of allylic oxidation sites excluding steroid dienone is 4. The molecule has 0 spiro atoms. The Morgan fingerprint density at radius 1 is 1.19 bits per heavy atom. The summed E-state index contributed by atoms with van der Waals surface area (Å²) in [5.74, 6) is 0. The van der Waals surface area contributed by atoms with Crippen molar-refractivity contribution >= 4 is 10.0 Å². The highest BCUT2D eigenvalue weighted by molar-refractivity contribution is 8.36. The molecule has 1 aromatic carbocycles. The van der Waals surface area contributed by atoms with E-state index < -0.39 is 10.0 Å². The van der Waals surface area contributed by atoms with Crippen LogP contribution in [0.15, 0.2) is 71.0 Å². The first-order valence-electron chi connectivity index (χ1n) is 5.37. The van der Waals surface area contributed by atoms with Crippen molar-refractivity contribution in [3.63, 3.8) is 0 Å². The van der Waals surface area contributed by atoms with Gasteiger partial charge in [-0.1, -0.05) is 49.1 Å². The van der Waals surface area contributed by atoms with Gasteiger partial charge in [-0.05, 0) is 41.4 Å². The average molecular weight is 232 g/mol. The summed E-state index contributed by atoms with van der Waals surface area (Å²) < 4.78 is 0. The Morgan fingerprint density at radius 3 is 2.31 bits per heavy atom. The van der Waals surface area contributed by atoms with Crippen molar-refractivity contribution in [1.82, 2.24) is 0 Å². The fraction of sp³-hybridized carbons (Fsp3) is 0.200. The molecule has 0 heterocycles. The van der Waals surface area contributed by atoms with Crippen LogP contribution in [0.3, 0.4) is 0 Å². The Hall–Kier alpha value is -1.21. The molecule has 0 bridgehead atoms. The van der Waals surface area contributed by atoms with Crippen LogP contribution >= 0.6 is 10.0 Å². The van der Waals surface area contributed by atoms with E-state index in [9.17, 15) is 0 Å². The molecule has 0 saturated carbocycles. The third-order valence-corrected chi connectivity index (χ3v) is 5.51. The van der Waals surface area contributed by atoms with E-state index in [1.165, 1.54) is 9.80 Å². The molecule has 1 aromatic rings. The minimum absolute atomic E-state index is 0.932. The maximum Gasteiger partial charge on any atom is -0.00641 e. The number of hydrogen-bond donors (Lipinski definition) is 0. The second-order valence-corrected chi connectivity index (χ2v) is 7.54. The first-order valence-corrected chi connectivity index (χ1v) is 7.81. The normalized spacial score (nSPS) is 14.1. The summed E-state index contributed by atoms with van der Waals surface area (Å²) in [6.45, 7) is 5.95. The molecule has 0 fully saturated rings. The molecule has 86 valence electrons. The maximum absolute atomic E-state index is 3.92. The van der Waals surface area contributed by atoms with Gasteiger partial charge in [-0.3, -0.25) is 0 Å². The quantitative estimate of drug-likeness (QED) is 0.657. The molecule has 1 heteroatoms. The molecule has 0 N–H and O–H groups in total. The fourth-order valence-electron chi connectivity index (χ4n) is 1.53. The van der Waals surface area contributed by atoms with E-state index in [1.54, 1.807) is 0 Å². The molecule has 0 atom stereocenters. The van der Waals surface area contributed by atoms with Gasteiger partial charge in [0.15, 0.2) is 0 Å². The van der Waals surface area contributed by atoms with E-state index in [0.29, 0.717) is 0 Å². The van der Waals surface area contributed by atoms with Gasteiger partial charge in [-0.2, -0.15) is 10.0 Å². The zero-order chi connectivity index (χ0) is 12.0. The van der Waals surface area contributed by atoms with Crippen LogP contribution in [-0.2, 0) is 0 Å². The second kappa shape index (κ2) is 5.76. The second-order valence-electron chi connectivity index (χ2n) is 3.94. The van der Waals surface area contributed by atoms with Gasteiger partial charge in [-0.15, -0.1) is 0 Å². The molecule has 0 radical (unpaired) electrons. The summed E-state index contributed by atoms with van der Waals surface area (Å²) in [4.78, 5) is 2.71. The van der Waals surface area contributed by atoms with Crippen LogP contribution in [0.25, 0.3) is 0 Å². The lowest BCUT2D eigenvalue weighted by atomic mass is 10.4. The predicted octanol–water partition coefficient (Wildman–Crippen LogP) is 4.76. The number of benzene rings is 1. The molecule has 0 aliphatic carbocycles. The topological polar surface area (TPSA) is 0 Å². The molecular formula is C15H20S. The lowest BCUT2D eigenvalue weighted by molar-refractivity contribution is 1.44. The van der Waals surface area contributed by atoms with Crippen molar-refractivity contribution < 1.29 is 0 Å². The van der Waals surface area contributed by atoms with E-state index in [0.717, 1.165) is 0 Å². The monoisotopic (exact) mass is 232 g/mol. The highest BCUT2D eigenvalue weighted by atomic mass is 32.3. The van der Waals surface area contributed by atoms with E-state index in [-0.39, 0.29) is 0 Å². The Labute approximate surface area is 101 Å². The molecule has 0 aromatic heterocycles. The fourth-order valence-corrected chi connectivity index (χ4v) is 3.48. The smallest absolute Gasteiger partial charge is 0.00641 e. The Kier molecular flexibility index (Phi) is 4.63. The molecule has 0 nitrogen and oxygen atoms in total. The Balaban J connectivity index is 3.13. The molecule has 0 aliphatic rings. The average Bonchev–Trinajstić information content (AvgIpc) is 2.31. The molecule has 16 heavy (non-hydrogen) atoms. The van der Waals surface area contributed by atoms with Gasteiger partial charge in [0.1, 0.15) is 0 Å². The van der Waals surface area contributed by atoms with Gasteiger partial charge < -0.3 is 0 Å². The molecule has 1 rings (SSSR count). The summed E-state index contributed by atoms with van der Waals surface area (Å²) in [5, 5.41) is 0. The van der Waals surface area contributed by atoms with Crippen LogP contribution < -0.4 is 0 Å². The van der Waals surface area contributed by atoms with Gasteiger partial charge in [0.05, 0.1) is 0 Å². The number of hydrogen-bond acceptors (Lipinski definition) is 0. The first kappa shape index (κ1) is 12.9. The van der Waals surface area contributed by atoms with Crippen LogP contribution in [0.1, 0.15) is 6.92 Å². The van der Waals surface area contributed by atoms with E-state index in [1.807, 2.05) is 19.1 Å². The zero-order valence-corrected chi connectivity index (χ0v) is 11.1. The van der Waals surface area contributed by atoms with Crippen LogP contribution in [-0.4, -0.2) is 12.5 Å². The summed E-state index contributed by atoms with van der Waals surface area (Å²) in [6, 6.07) is 10.6. The van der Waals surface area contributed by atoms with E-state index >= 15 is 0 Å². The van der Waals surface area contributed by atoms with Crippen LogP contribution in [0.2, 0.25) is 0 Å². The third kappa shape index (κ3) is 2.89. The predicted molar refractivity (Wildman–Crippen MR) is 77.2 cm³/mol. The third-order valence-electron chi connectivity index (χ3n) is 2.58. The summed E-state index contributed by atoms with van der Waals surface area (Å²) in [5.41, 5.74) is 0. The number of rotatable bonds is 4. The van der Waals surface area contributed by atoms with Crippen molar-refractivity contribution in [2.75, 3.05) is 12.5 Å². The largest absolute Gasteiger partial charge is 0.194 e. The van der Waals surface area contributed by atoms with Crippen molar-refractivity contribution in [3.8, 4) is 0 Å². The highest BCUT2D eigenvalue weighted by Gasteiger charge is 2.16. The molecule has 0 saturated heterocycles. The van der Waals surface area contributed by atoms with Gasteiger partial charge >= 0.3 is 0 Å². The summed E-state index contributed by atoms with van der Waals surface area (Å²) in [7, 11) is -0.932. The lowest BCUT2D eigenvalue weighted by Gasteiger charge is -2.33. The maximum atomic E-state index is 3.92. The molecule has 0 amide bonds. The molecule has 0 aliphatic heterocycles. The summed E-state index contributed by atoms with van der Waals surface area (Å²) >= 11 is 0. The van der Waals surface area contributed by atoms with Crippen LogP contribution in [0, 0.1) is 0 Å². The van der Waals surface area contributed by atoms with Crippen LogP contribution in [0.5, 0.6) is 0 Å². The minimum Gasteiger partial charge on any atom is -0.194 e. The summed E-state index contributed by atoms with van der Waals surface area (Å²) in [6.07, 6.45) is 12.9. The van der Waals surface area contributed by atoms with E-state index in [4.69, 9.17) is 0 Å². The standard InChI is InChI=1S/C15H20S/c1-5-7-11-14(6-2)16(3,4)15-12-9-8-10-13-15/h5-13H,2H2,1,3-4H3/b7-5-,14-11+. The Bertz CT molecular complexity index is 397. The van der Waals surface area contributed by atoms with Crippen molar-refractivity contribution in [3.05, 3.63) is 66.1 Å². The highest BCUT2D eigenvalue weighted by Crippen LogP contribution is 2.56. The first-order chi connectivity index (χ1) is 7.62. The van der Waals surface area contributed by atoms with Crippen molar-refractivity contribution in [2.45, 2.75) is 11.8 Å². The minimum atomic E-state index is -0.932.